The van der Waals surface area contributed by atoms with Crippen molar-refractivity contribution in [3.8, 4) is 0 Å². The summed E-state index contributed by atoms with van der Waals surface area (Å²) in [5.41, 5.74) is -1.07. The van der Waals surface area contributed by atoms with Crippen LogP contribution in [0.2, 0.25) is 0 Å². The highest BCUT2D eigenvalue weighted by Gasteiger charge is 2.62. The predicted octanol–water partition coefficient (Wildman–Crippen LogP) is 4.99. The fourth-order valence-electron chi connectivity index (χ4n) is 8.38. The minimum atomic E-state index is -1.45. The molecule has 1 heterocycles. The maximum atomic E-state index is 14.3. The first-order valence-corrected chi connectivity index (χ1v) is 14.1. The van der Waals surface area contributed by atoms with Crippen LogP contribution in [-0.4, -0.2) is 44.9 Å². The number of ketones is 1. The molecule has 38 heavy (non-hydrogen) atoms. The Bertz CT molecular complexity index is 1190. The third kappa shape index (κ3) is 3.82. The first-order valence-electron chi connectivity index (χ1n) is 14.1. The first kappa shape index (κ1) is 27.1. The van der Waals surface area contributed by atoms with Gasteiger partial charge < -0.3 is 20.1 Å². The third-order valence-corrected chi connectivity index (χ3v) is 10.4. The van der Waals surface area contributed by atoms with Crippen molar-refractivity contribution in [3.63, 3.8) is 0 Å². The molecular weight excluding hydrogens is 480 g/mol. The van der Waals surface area contributed by atoms with Crippen molar-refractivity contribution in [1.82, 2.24) is 0 Å². The molecule has 1 saturated heterocycles. The van der Waals surface area contributed by atoms with Crippen LogP contribution >= 0.6 is 0 Å². The molecule has 2 bridgehead atoms. The second-order valence-corrected chi connectivity index (χ2v) is 13.0. The molecule has 11 atom stereocenters. The van der Waals surface area contributed by atoms with Crippen LogP contribution in [0.5, 0.6) is 0 Å². The maximum absolute atomic E-state index is 14.3. The summed E-state index contributed by atoms with van der Waals surface area (Å²) in [5.74, 6) is -2.55. The molecule has 5 aliphatic rings. The summed E-state index contributed by atoms with van der Waals surface area (Å²) in [7, 11) is 0. The summed E-state index contributed by atoms with van der Waals surface area (Å²) in [6.07, 6.45) is 12.0. The minimum absolute atomic E-state index is 0.00282. The van der Waals surface area contributed by atoms with Crippen LogP contribution in [0, 0.1) is 46.8 Å². The van der Waals surface area contributed by atoms with Crippen LogP contribution < -0.4 is 0 Å². The fraction of sp³-hybridized carbons (Fsp3) is 0.625. The van der Waals surface area contributed by atoms with Gasteiger partial charge >= 0.3 is 5.97 Å². The van der Waals surface area contributed by atoms with E-state index < -0.39 is 40.9 Å². The number of hydrogen-bond donors (Lipinski definition) is 3. The third-order valence-electron chi connectivity index (χ3n) is 10.4. The lowest BCUT2D eigenvalue weighted by atomic mass is 9.49. The van der Waals surface area contributed by atoms with Gasteiger partial charge in [0.2, 0.25) is 5.78 Å². The van der Waals surface area contributed by atoms with E-state index in [9.17, 15) is 24.9 Å². The number of ether oxygens (including phenoxy) is 1. The highest BCUT2D eigenvalue weighted by Crippen LogP contribution is 2.60. The Morgan fingerprint density at radius 1 is 0.974 bits per heavy atom. The topological polar surface area (TPSA) is 104 Å². The van der Waals surface area contributed by atoms with E-state index in [0.717, 1.165) is 12.0 Å². The van der Waals surface area contributed by atoms with Crippen molar-refractivity contribution in [2.75, 3.05) is 0 Å². The molecule has 206 valence electrons. The Balaban J connectivity index is 1.78. The molecule has 0 unspecified atom stereocenters. The number of rotatable bonds is 0. The summed E-state index contributed by atoms with van der Waals surface area (Å²) in [6.45, 7) is 11.9. The van der Waals surface area contributed by atoms with Gasteiger partial charge in [0.25, 0.3) is 0 Å². The summed E-state index contributed by atoms with van der Waals surface area (Å²) in [6, 6.07) is 0. The quantitative estimate of drug-likeness (QED) is 0.235. The average molecular weight is 523 g/mol. The van der Waals surface area contributed by atoms with Crippen molar-refractivity contribution >= 4 is 11.8 Å². The summed E-state index contributed by atoms with van der Waals surface area (Å²) in [5, 5.41) is 34.4. The predicted molar refractivity (Wildman–Crippen MR) is 145 cm³/mol. The van der Waals surface area contributed by atoms with Gasteiger partial charge in [0.05, 0.1) is 12.2 Å². The van der Waals surface area contributed by atoms with Gasteiger partial charge in [-0.3, -0.25) is 4.79 Å². The van der Waals surface area contributed by atoms with E-state index in [1.54, 1.807) is 0 Å². The Morgan fingerprint density at radius 3 is 2.39 bits per heavy atom. The van der Waals surface area contributed by atoms with Gasteiger partial charge in [0.15, 0.2) is 5.60 Å². The van der Waals surface area contributed by atoms with Crippen LogP contribution in [-0.2, 0) is 14.3 Å². The number of allylic oxidation sites excluding steroid dienone is 4. The number of carbonyl (C=O) groups is 2. The molecule has 1 spiro atoms. The molecule has 5 rings (SSSR count). The molecule has 0 radical (unpaired) electrons. The molecule has 0 aromatic carbocycles. The summed E-state index contributed by atoms with van der Waals surface area (Å²) < 4.78 is 5.98. The zero-order valence-corrected chi connectivity index (χ0v) is 23.3. The van der Waals surface area contributed by atoms with Gasteiger partial charge in [-0.05, 0) is 55.9 Å². The normalized spacial score (nSPS) is 51.6. The number of carbonyl (C=O) groups excluding carboxylic acids is 2. The molecule has 1 aliphatic heterocycles. The van der Waals surface area contributed by atoms with Crippen LogP contribution in [0.25, 0.3) is 0 Å². The van der Waals surface area contributed by atoms with Crippen LogP contribution in [0.1, 0.15) is 60.8 Å². The van der Waals surface area contributed by atoms with E-state index >= 15 is 0 Å². The molecule has 1 saturated carbocycles. The van der Waals surface area contributed by atoms with E-state index in [1.165, 1.54) is 0 Å². The Hall–Kier alpha value is -2.44. The van der Waals surface area contributed by atoms with Gasteiger partial charge in [-0.2, -0.15) is 0 Å². The standard InChI is InChI=1S/C32H42O6/c1-16-7-9-21-14-18(3)24(33)12-8-17(2)23-11-10-22-26(19(4)13-20(5)27(22)34)31(23,6)28(35)25-29(36)32(21,15-16)38-30(25)37/h7-11,14,16,19-24,26-27,33-35H,12-13,15H2,1-6H3/b17-8+,18-14+,28-25+/t16-,19-,20-,21-,22-,23-,24-,26+,27-,31+,32-/m0/s1. The molecule has 4 aliphatic carbocycles. The van der Waals surface area contributed by atoms with Crippen molar-refractivity contribution in [2.24, 2.45) is 46.8 Å². The van der Waals surface area contributed by atoms with Gasteiger partial charge in [0, 0.05) is 29.6 Å². The number of aliphatic hydroxyl groups is 3. The van der Waals surface area contributed by atoms with Gasteiger partial charge in [-0.1, -0.05) is 69.7 Å². The second-order valence-electron chi connectivity index (χ2n) is 13.0. The van der Waals surface area contributed by atoms with E-state index in [0.29, 0.717) is 18.4 Å². The number of aliphatic hydroxyl groups excluding tert-OH is 3. The largest absolute Gasteiger partial charge is 0.511 e. The molecule has 3 N–H and O–H groups in total. The number of fused-ring (bicyclic) bond motifs is 4. The molecule has 0 aromatic heterocycles. The fourth-order valence-corrected chi connectivity index (χ4v) is 8.38. The Kier molecular flexibility index (Phi) is 6.67. The number of Topliss-reactive ketones (excluding diaryl/α,β-unsaturated/α-hetero) is 1. The van der Waals surface area contributed by atoms with E-state index in [2.05, 4.69) is 13.0 Å². The van der Waals surface area contributed by atoms with E-state index in [-0.39, 0.29) is 46.8 Å². The monoisotopic (exact) mass is 522 g/mol. The SMILES string of the molecule is C/C1=C\[C@@H]2C=C[C@H](C)C[C@]23OC(=O)/C(=C(/O)[C@@]2(C)[C@H]4[C@H](C=C[C@H]2/C(C)=C/C[C@@H]1O)[C@@H](O)[C@@H](C)C[C@@H]4C)C3=O. The highest BCUT2D eigenvalue weighted by molar-refractivity contribution is 6.26. The average Bonchev–Trinajstić information content (AvgIpc) is 3.10. The molecule has 6 nitrogen and oxygen atoms in total. The van der Waals surface area contributed by atoms with Gasteiger partial charge in [0.1, 0.15) is 11.3 Å². The lowest BCUT2D eigenvalue weighted by Gasteiger charge is -2.55. The van der Waals surface area contributed by atoms with Crippen LogP contribution in [0.4, 0.5) is 0 Å². The van der Waals surface area contributed by atoms with Crippen LogP contribution in [0.3, 0.4) is 0 Å². The van der Waals surface area contributed by atoms with E-state index in [1.807, 2.05) is 65.0 Å². The Morgan fingerprint density at radius 2 is 1.68 bits per heavy atom. The molecule has 2 fully saturated rings. The molecule has 0 aromatic rings. The summed E-state index contributed by atoms with van der Waals surface area (Å²) >= 11 is 0. The van der Waals surface area contributed by atoms with Crippen molar-refractivity contribution in [1.29, 1.82) is 0 Å². The Labute approximate surface area is 225 Å². The molecule has 6 heteroatoms. The number of hydrogen-bond acceptors (Lipinski definition) is 6. The van der Waals surface area contributed by atoms with Crippen LogP contribution in [0.15, 0.2) is 58.9 Å². The zero-order chi connectivity index (χ0) is 27.7. The smallest absolute Gasteiger partial charge is 0.346 e. The van der Waals surface area contributed by atoms with Gasteiger partial charge in [-0.25, -0.2) is 4.79 Å². The second kappa shape index (κ2) is 9.34. The summed E-state index contributed by atoms with van der Waals surface area (Å²) in [4.78, 5) is 27.9. The van der Waals surface area contributed by atoms with Crippen molar-refractivity contribution in [2.45, 2.75) is 78.6 Å². The van der Waals surface area contributed by atoms with Crippen molar-refractivity contribution < 1.29 is 29.6 Å². The lowest BCUT2D eigenvalue weighted by Crippen LogP contribution is -2.54. The molecular formula is C32H42O6. The van der Waals surface area contributed by atoms with E-state index in [4.69, 9.17) is 4.74 Å². The maximum Gasteiger partial charge on any atom is 0.346 e. The highest BCUT2D eigenvalue weighted by atomic mass is 16.6. The molecule has 0 amide bonds. The zero-order valence-electron chi connectivity index (χ0n) is 23.3. The number of esters is 1. The first-order chi connectivity index (χ1) is 17.8. The lowest BCUT2D eigenvalue weighted by molar-refractivity contribution is -0.155. The van der Waals surface area contributed by atoms with Gasteiger partial charge in [-0.15, -0.1) is 0 Å². The van der Waals surface area contributed by atoms with Crippen molar-refractivity contribution in [3.05, 3.63) is 58.9 Å². The minimum Gasteiger partial charge on any atom is -0.511 e.